The van der Waals surface area contributed by atoms with Gasteiger partial charge in [-0.25, -0.2) is 0 Å². The molecule has 5 heteroatoms. The van der Waals surface area contributed by atoms with E-state index < -0.39 is 6.04 Å². The van der Waals surface area contributed by atoms with Gasteiger partial charge < -0.3 is 0 Å². The van der Waals surface area contributed by atoms with E-state index in [4.69, 9.17) is 4.98 Å². The van der Waals surface area contributed by atoms with Gasteiger partial charge in [-0.15, -0.1) is 0 Å². The topological polar surface area (TPSA) is 68.1 Å². The van der Waals surface area contributed by atoms with Gasteiger partial charge in [0.2, 0.25) is 0 Å². The van der Waals surface area contributed by atoms with Gasteiger partial charge in [-0.3, -0.25) is 15.0 Å². The molecule has 1 atom stereocenters. The molecule has 0 fully saturated rings. The summed E-state index contributed by atoms with van der Waals surface area (Å²) in [7, 11) is 0. The highest BCUT2D eigenvalue weighted by Gasteiger charge is 2.08. The van der Waals surface area contributed by atoms with E-state index in [1.807, 2.05) is 61.5 Å². The average molecular weight is 346 g/mol. The molecule has 0 amide bonds. The van der Waals surface area contributed by atoms with Crippen molar-refractivity contribution in [3.8, 4) is 11.4 Å². The minimum Gasteiger partial charge on any atom is -0.255 e. The van der Waals surface area contributed by atoms with E-state index in [1.54, 1.807) is 6.92 Å². The van der Waals surface area contributed by atoms with Crippen LogP contribution in [0.15, 0.2) is 59.8 Å². The summed E-state index contributed by atoms with van der Waals surface area (Å²) >= 11 is 0. The molecule has 0 N–H and O–H groups in total. The van der Waals surface area contributed by atoms with Crippen LogP contribution in [0.4, 0.5) is 0 Å². The molecular weight excluding hydrogens is 324 g/mol. The highest BCUT2D eigenvalue weighted by Crippen LogP contribution is 2.17. The first kappa shape index (κ1) is 17.9. The Morgan fingerprint density at radius 2 is 1.46 bits per heavy atom. The summed E-state index contributed by atoms with van der Waals surface area (Å²) in [6.07, 6.45) is 2.65. The molecule has 5 nitrogen and oxygen atoms in total. The predicted molar refractivity (Wildman–Crippen MR) is 103 cm³/mol. The normalized spacial score (nSPS) is 11.9. The summed E-state index contributed by atoms with van der Waals surface area (Å²) in [5.41, 5.74) is 5.54. The predicted octanol–water partition coefficient (Wildman–Crippen LogP) is 4.85. The Hall–Kier alpha value is -2.95. The molecule has 3 rings (SSSR count). The fraction of sp³-hybridized carbons (Fsp3) is 0.286. The highest BCUT2D eigenvalue weighted by atomic mass is 16.3. The Balaban J connectivity index is 1.64. The lowest BCUT2D eigenvalue weighted by Gasteiger charge is -2.07. The van der Waals surface area contributed by atoms with E-state index in [0.29, 0.717) is 0 Å². The molecule has 0 aliphatic carbocycles. The monoisotopic (exact) mass is 346 g/mol. The molecule has 0 saturated heterocycles. The quantitative estimate of drug-likeness (QED) is 0.574. The number of pyridine rings is 3. The van der Waals surface area contributed by atoms with Crippen molar-refractivity contribution in [3.63, 3.8) is 0 Å². The maximum absolute atomic E-state index is 10.7. The zero-order valence-electron chi connectivity index (χ0n) is 15.1. The molecule has 3 heterocycles. The second-order valence-corrected chi connectivity index (χ2v) is 6.37. The minimum atomic E-state index is -0.407. The van der Waals surface area contributed by atoms with Crippen molar-refractivity contribution in [1.82, 2.24) is 15.0 Å². The summed E-state index contributed by atoms with van der Waals surface area (Å²) in [6.45, 7) is 3.74. The van der Waals surface area contributed by atoms with Gasteiger partial charge in [-0.05, 0) is 69.5 Å². The van der Waals surface area contributed by atoms with Crippen LogP contribution in [0.2, 0.25) is 0 Å². The van der Waals surface area contributed by atoms with Crippen LogP contribution >= 0.6 is 0 Å². The SMILES string of the molecule is Cc1cccc(-c2cccc(CCCc3cccc(C(C)N=O)n3)n2)n1. The summed E-state index contributed by atoms with van der Waals surface area (Å²) in [4.78, 5) is 24.5. The van der Waals surface area contributed by atoms with E-state index in [1.165, 1.54) is 0 Å². The largest absolute Gasteiger partial charge is 0.255 e. The fourth-order valence-corrected chi connectivity index (χ4v) is 2.82. The van der Waals surface area contributed by atoms with Gasteiger partial charge in [0, 0.05) is 17.1 Å². The van der Waals surface area contributed by atoms with Gasteiger partial charge in [0.05, 0.1) is 17.1 Å². The van der Waals surface area contributed by atoms with Crippen molar-refractivity contribution in [2.45, 2.75) is 39.2 Å². The van der Waals surface area contributed by atoms with E-state index in [0.717, 1.165) is 53.4 Å². The molecule has 3 aromatic heterocycles. The molecular formula is C21H22N4O. The first-order valence-corrected chi connectivity index (χ1v) is 8.84. The van der Waals surface area contributed by atoms with Crippen molar-refractivity contribution in [2.75, 3.05) is 0 Å². The third kappa shape index (κ3) is 4.57. The summed E-state index contributed by atoms with van der Waals surface area (Å²) < 4.78 is 0. The molecule has 0 aromatic carbocycles. The van der Waals surface area contributed by atoms with Crippen molar-refractivity contribution in [2.24, 2.45) is 5.18 Å². The molecule has 0 radical (unpaired) electrons. The Labute approximate surface area is 153 Å². The van der Waals surface area contributed by atoms with Crippen molar-refractivity contribution in [3.05, 3.63) is 82.3 Å². The Morgan fingerprint density at radius 3 is 2.15 bits per heavy atom. The Kier molecular flexibility index (Phi) is 5.79. The molecule has 0 spiro atoms. The molecule has 0 aliphatic rings. The second-order valence-electron chi connectivity index (χ2n) is 6.37. The Morgan fingerprint density at radius 1 is 0.846 bits per heavy atom. The summed E-state index contributed by atoms with van der Waals surface area (Å²) in [5.74, 6) is 0. The lowest BCUT2D eigenvalue weighted by molar-refractivity contribution is 0.739. The molecule has 0 bridgehead atoms. The molecule has 0 saturated carbocycles. The number of hydrogen-bond acceptors (Lipinski definition) is 5. The van der Waals surface area contributed by atoms with E-state index >= 15 is 0 Å². The number of aromatic nitrogens is 3. The second kappa shape index (κ2) is 8.43. The smallest absolute Gasteiger partial charge is 0.131 e. The van der Waals surface area contributed by atoms with Gasteiger partial charge in [0.25, 0.3) is 0 Å². The zero-order valence-corrected chi connectivity index (χ0v) is 15.1. The summed E-state index contributed by atoms with van der Waals surface area (Å²) in [6, 6.07) is 17.4. The first-order valence-electron chi connectivity index (χ1n) is 8.84. The van der Waals surface area contributed by atoms with Crippen LogP contribution in [0.25, 0.3) is 11.4 Å². The van der Waals surface area contributed by atoms with Crippen molar-refractivity contribution in [1.29, 1.82) is 0 Å². The molecule has 26 heavy (non-hydrogen) atoms. The first-order chi connectivity index (χ1) is 12.7. The minimum absolute atomic E-state index is 0.407. The van der Waals surface area contributed by atoms with Crippen LogP contribution in [0.3, 0.4) is 0 Å². The van der Waals surface area contributed by atoms with Crippen LogP contribution in [0, 0.1) is 11.8 Å². The zero-order chi connectivity index (χ0) is 18.4. The van der Waals surface area contributed by atoms with Gasteiger partial charge in [0.1, 0.15) is 6.04 Å². The van der Waals surface area contributed by atoms with Crippen LogP contribution in [-0.4, -0.2) is 15.0 Å². The van der Waals surface area contributed by atoms with Gasteiger partial charge >= 0.3 is 0 Å². The molecule has 3 aromatic rings. The van der Waals surface area contributed by atoms with Gasteiger partial charge in [0.15, 0.2) is 0 Å². The van der Waals surface area contributed by atoms with Gasteiger partial charge in [-0.1, -0.05) is 23.4 Å². The van der Waals surface area contributed by atoms with E-state index in [2.05, 4.69) is 15.1 Å². The number of hydrogen-bond donors (Lipinski definition) is 0. The van der Waals surface area contributed by atoms with E-state index in [9.17, 15) is 4.91 Å². The third-order valence-electron chi connectivity index (χ3n) is 4.24. The van der Waals surface area contributed by atoms with Crippen molar-refractivity contribution >= 4 is 0 Å². The number of nitrogens with zero attached hydrogens (tertiary/aromatic N) is 4. The molecule has 1 unspecified atom stereocenters. The fourth-order valence-electron chi connectivity index (χ4n) is 2.82. The summed E-state index contributed by atoms with van der Waals surface area (Å²) in [5, 5.41) is 3.04. The number of rotatable bonds is 7. The van der Waals surface area contributed by atoms with Crippen LogP contribution in [-0.2, 0) is 12.8 Å². The van der Waals surface area contributed by atoms with Crippen LogP contribution in [0.5, 0.6) is 0 Å². The highest BCUT2D eigenvalue weighted by molar-refractivity contribution is 5.54. The maximum atomic E-state index is 10.7. The standard InChI is InChI=1S/C21H22N4O/c1-15-7-3-13-20(22-15)21-14-6-11-18(24-21)9-4-8-17-10-5-12-19(23-17)16(2)25-26/h3,5-7,10-14,16H,4,8-9H2,1-2H3. The van der Waals surface area contributed by atoms with Crippen LogP contribution in [0.1, 0.15) is 42.2 Å². The van der Waals surface area contributed by atoms with E-state index in [-0.39, 0.29) is 0 Å². The maximum Gasteiger partial charge on any atom is 0.131 e. The molecule has 132 valence electrons. The van der Waals surface area contributed by atoms with Crippen LogP contribution < -0.4 is 0 Å². The van der Waals surface area contributed by atoms with Gasteiger partial charge in [-0.2, -0.15) is 4.91 Å². The Bertz CT molecular complexity index is 894. The average Bonchev–Trinajstić information content (AvgIpc) is 2.68. The lowest BCUT2D eigenvalue weighted by atomic mass is 10.1. The lowest BCUT2D eigenvalue weighted by Crippen LogP contribution is -2.00. The van der Waals surface area contributed by atoms with Crippen molar-refractivity contribution < 1.29 is 0 Å². The molecule has 0 aliphatic heterocycles. The number of nitroso groups, excluding NO2 is 1. The third-order valence-corrected chi connectivity index (χ3v) is 4.24. The number of aryl methyl sites for hydroxylation is 3.